The van der Waals surface area contributed by atoms with Gasteiger partial charge in [0.1, 0.15) is 35.4 Å². The average Bonchev–Trinajstić information content (AvgIpc) is 2.95. The topological polar surface area (TPSA) is 139 Å². The van der Waals surface area contributed by atoms with Gasteiger partial charge in [-0.3, -0.25) is 18.7 Å². The van der Waals surface area contributed by atoms with Gasteiger partial charge < -0.3 is 0 Å². The first-order valence-corrected chi connectivity index (χ1v) is 12.9. The van der Waals surface area contributed by atoms with Crippen LogP contribution < -0.4 is 11.1 Å². The zero-order chi connectivity index (χ0) is 29.1. The fourth-order valence-electron chi connectivity index (χ4n) is 4.26. The number of hydrogen-bond acceptors (Lipinski definition) is 8. The normalized spacial score (nSPS) is 10.3. The van der Waals surface area contributed by atoms with Gasteiger partial charge in [-0.25, -0.2) is 0 Å². The average molecular weight is 602 g/mol. The molecule has 4 aromatic rings. The predicted octanol–water partition coefficient (Wildman–Crippen LogP) is 5.42. The number of nitriles is 4. The van der Waals surface area contributed by atoms with E-state index < -0.39 is 11.1 Å². The highest BCUT2D eigenvalue weighted by Gasteiger charge is 2.24. The Labute approximate surface area is 248 Å². The minimum atomic E-state index is -0.732. The first kappa shape index (κ1) is 28.6. The molecule has 0 bridgehead atoms. The molecule has 0 unspecified atom stereocenters. The van der Waals surface area contributed by atoms with Crippen molar-refractivity contribution >= 4 is 48.5 Å². The lowest BCUT2D eigenvalue weighted by molar-refractivity contribution is 0.499. The summed E-state index contributed by atoms with van der Waals surface area (Å²) in [7, 11) is 0. The van der Waals surface area contributed by atoms with Crippen molar-refractivity contribution in [3.05, 3.63) is 102 Å². The van der Waals surface area contributed by atoms with Gasteiger partial charge in [-0.05, 0) is 35.4 Å². The van der Waals surface area contributed by atoms with E-state index in [0.717, 1.165) is 9.13 Å². The first-order valence-electron chi connectivity index (χ1n) is 11.3. The Bertz CT molecular complexity index is 1830. The van der Waals surface area contributed by atoms with Crippen LogP contribution in [0.2, 0.25) is 10.0 Å². The van der Waals surface area contributed by atoms with Crippen LogP contribution in [0.3, 0.4) is 0 Å². The summed E-state index contributed by atoms with van der Waals surface area (Å²) in [5.74, 6) is 0. The second-order valence-corrected chi connectivity index (χ2v) is 9.99. The van der Waals surface area contributed by atoms with Gasteiger partial charge in [-0.2, -0.15) is 21.0 Å². The van der Waals surface area contributed by atoms with Gasteiger partial charge in [-0.1, -0.05) is 47.5 Å². The molecule has 2 aromatic heterocycles. The molecule has 0 aliphatic carbocycles. The number of thiol groups is 2. The van der Waals surface area contributed by atoms with Crippen LogP contribution in [0.25, 0.3) is 22.3 Å². The maximum atomic E-state index is 13.4. The van der Waals surface area contributed by atoms with Crippen molar-refractivity contribution in [2.24, 2.45) is 0 Å². The molecule has 0 saturated heterocycles. The molecule has 2 aromatic carbocycles. The molecule has 0 amide bonds. The number of halogens is 2. The van der Waals surface area contributed by atoms with Crippen molar-refractivity contribution in [2.75, 3.05) is 0 Å². The molecule has 2 heterocycles. The Balaban J connectivity index is 1.87. The van der Waals surface area contributed by atoms with E-state index in [2.05, 4.69) is 25.3 Å². The summed E-state index contributed by atoms with van der Waals surface area (Å²) in [6, 6.07) is 20.4. The van der Waals surface area contributed by atoms with Crippen LogP contribution in [0.15, 0.2) is 68.2 Å². The number of hydrogen-bond donors (Lipinski definition) is 2. The number of rotatable bonds is 5. The summed E-state index contributed by atoms with van der Waals surface area (Å²) in [4.78, 5) is 26.8. The Hall–Kier alpha value is -4.42. The van der Waals surface area contributed by atoms with Gasteiger partial charge in [0, 0.05) is 34.3 Å². The standard InChI is InChI=1S/C28H14Cl2N6O2S2/c29-17-5-1-15(2-6-17)23-19(11-31)25(37)35(27(39)21(23)13-33)9-10-36-26(38)20(12-32)24(22(14-34)28(36)40)16-3-7-18(30)8-4-16/h1-8,39-40H,9-10H2. The van der Waals surface area contributed by atoms with Gasteiger partial charge in [0.2, 0.25) is 0 Å². The highest BCUT2D eigenvalue weighted by molar-refractivity contribution is 7.80. The second kappa shape index (κ2) is 11.8. The van der Waals surface area contributed by atoms with Crippen molar-refractivity contribution in [1.82, 2.24) is 9.13 Å². The summed E-state index contributed by atoms with van der Waals surface area (Å²) < 4.78 is 2.18. The minimum absolute atomic E-state index is 0.0197. The molecule has 0 fully saturated rings. The summed E-state index contributed by atoms with van der Waals surface area (Å²) >= 11 is 20.8. The van der Waals surface area contributed by atoms with Gasteiger partial charge in [0.25, 0.3) is 11.1 Å². The van der Waals surface area contributed by atoms with Gasteiger partial charge in [-0.15, -0.1) is 25.3 Å². The SMILES string of the molecule is N#Cc1c(-c2ccc(Cl)cc2)c(C#N)c(=O)n(CCn2c(S)c(C#N)c(-c3ccc(Cl)cc3)c(C#N)c2=O)c1S. The van der Waals surface area contributed by atoms with Crippen molar-refractivity contribution in [2.45, 2.75) is 23.1 Å². The van der Waals surface area contributed by atoms with Crippen molar-refractivity contribution in [3.8, 4) is 46.5 Å². The highest BCUT2D eigenvalue weighted by atomic mass is 35.5. The van der Waals surface area contributed by atoms with Crippen molar-refractivity contribution in [1.29, 1.82) is 21.0 Å². The third kappa shape index (κ3) is 4.98. The van der Waals surface area contributed by atoms with Gasteiger partial charge in [0.15, 0.2) is 0 Å². The molecule has 0 aliphatic rings. The number of pyridine rings is 2. The molecule has 194 valence electrons. The minimum Gasteiger partial charge on any atom is -0.299 e. The fraction of sp³-hybridized carbons (Fsp3) is 0.0714. The largest absolute Gasteiger partial charge is 0.299 e. The number of aromatic nitrogens is 2. The monoisotopic (exact) mass is 600 g/mol. The lowest BCUT2D eigenvalue weighted by Gasteiger charge is -2.18. The lowest BCUT2D eigenvalue weighted by atomic mass is 9.97. The fourth-order valence-corrected chi connectivity index (χ4v) is 5.22. The Morgan fingerprint density at radius 1 is 0.575 bits per heavy atom. The molecule has 0 aliphatic heterocycles. The molecule has 4 rings (SSSR count). The van der Waals surface area contributed by atoms with E-state index in [1.54, 1.807) is 48.5 Å². The van der Waals surface area contributed by atoms with Crippen LogP contribution in [0, 0.1) is 45.3 Å². The number of nitrogens with zero attached hydrogens (tertiary/aromatic N) is 6. The molecule has 12 heteroatoms. The zero-order valence-electron chi connectivity index (χ0n) is 20.2. The molecule has 0 saturated carbocycles. The van der Waals surface area contributed by atoms with E-state index in [1.165, 1.54) is 0 Å². The van der Waals surface area contributed by atoms with E-state index >= 15 is 0 Å². The van der Waals surface area contributed by atoms with E-state index in [1.807, 2.05) is 24.3 Å². The summed E-state index contributed by atoms with van der Waals surface area (Å²) in [5.41, 5.74) is -0.985. The highest BCUT2D eigenvalue weighted by Crippen LogP contribution is 2.32. The quantitative estimate of drug-likeness (QED) is 0.293. The maximum absolute atomic E-state index is 13.4. The van der Waals surface area contributed by atoms with Crippen molar-refractivity contribution in [3.63, 3.8) is 0 Å². The van der Waals surface area contributed by atoms with E-state index in [-0.39, 0.29) is 56.5 Å². The van der Waals surface area contributed by atoms with Crippen LogP contribution >= 0.6 is 48.5 Å². The molecule has 0 N–H and O–H groups in total. The zero-order valence-corrected chi connectivity index (χ0v) is 23.5. The Morgan fingerprint density at radius 3 is 1.15 bits per heavy atom. The molecular formula is C28H14Cl2N6O2S2. The summed E-state index contributed by atoms with van der Waals surface area (Å²) in [5, 5.41) is 40.3. The van der Waals surface area contributed by atoms with Crippen LogP contribution in [0.4, 0.5) is 0 Å². The van der Waals surface area contributed by atoms with Crippen molar-refractivity contribution < 1.29 is 0 Å². The Morgan fingerprint density at radius 2 is 0.875 bits per heavy atom. The van der Waals surface area contributed by atoms with Crippen LogP contribution in [-0.4, -0.2) is 9.13 Å². The molecular weight excluding hydrogens is 587 g/mol. The molecule has 40 heavy (non-hydrogen) atoms. The first-order chi connectivity index (χ1) is 19.2. The summed E-state index contributed by atoms with van der Waals surface area (Å²) in [6.45, 7) is -0.434. The van der Waals surface area contributed by atoms with Gasteiger partial charge in [0.05, 0.1) is 21.2 Å². The van der Waals surface area contributed by atoms with Gasteiger partial charge >= 0.3 is 0 Å². The Kier molecular flexibility index (Phi) is 8.40. The van der Waals surface area contributed by atoms with E-state index in [9.17, 15) is 30.6 Å². The van der Waals surface area contributed by atoms with Crippen LogP contribution in [0.1, 0.15) is 22.3 Å². The molecule has 0 radical (unpaired) electrons. The second-order valence-electron chi connectivity index (χ2n) is 8.27. The predicted molar refractivity (Wildman–Crippen MR) is 156 cm³/mol. The number of benzene rings is 2. The van der Waals surface area contributed by atoms with E-state index in [4.69, 9.17) is 23.2 Å². The maximum Gasteiger partial charge on any atom is 0.270 e. The molecule has 0 spiro atoms. The third-order valence-corrected chi connectivity index (χ3v) is 7.57. The third-order valence-electron chi connectivity index (χ3n) is 6.14. The van der Waals surface area contributed by atoms with Crippen LogP contribution in [0.5, 0.6) is 0 Å². The van der Waals surface area contributed by atoms with Crippen LogP contribution in [-0.2, 0) is 13.1 Å². The smallest absolute Gasteiger partial charge is 0.270 e. The molecule has 0 atom stereocenters. The summed E-state index contributed by atoms with van der Waals surface area (Å²) in [6.07, 6.45) is 0. The van der Waals surface area contributed by atoms with E-state index in [0.29, 0.717) is 21.2 Å². The molecule has 8 nitrogen and oxygen atoms in total. The lowest BCUT2D eigenvalue weighted by Crippen LogP contribution is -2.32.